The Labute approximate surface area is 56.2 Å². The van der Waals surface area contributed by atoms with Crippen molar-refractivity contribution >= 4 is 0 Å². The van der Waals surface area contributed by atoms with Crippen molar-refractivity contribution in [1.29, 1.82) is 0 Å². The Morgan fingerprint density at radius 2 is 1.78 bits per heavy atom. The summed E-state index contributed by atoms with van der Waals surface area (Å²) in [6, 6.07) is 0.376. The third-order valence-electron chi connectivity index (χ3n) is 2.20. The molecular weight excluding hydrogens is 114 g/mol. The van der Waals surface area contributed by atoms with Crippen molar-refractivity contribution in [3.8, 4) is 0 Å². The molecule has 0 aromatic rings. The second kappa shape index (κ2) is 3.18. The van der Waals surface area contributed by atoms with Crippen LogP contribution < -0.4 is 5.48 Å². The highest BCUT2D eigenvalue weighted by atomic mass is 16.5. The molecule has 0 unspecified atom stereocenters. The van der Waals surface area contributed by atoms with E-state index in [2.05, 4.69) is 12.4 Å². The van der Waals surface area contributed by atoms with E-state index in [1.54, 1.807) is 0 Å². The maximum absolute atomic E-state index is 8.53. The zero-order chi connectivity index (χ0) is 6.69. The summed E-state index contributed by atoms with van der Waals surface area (Å²) in [6.45, 7) is 2.27. The minimum absolute atomic E-state index is 0.376. The van der Waals surface area contributed by atoms with Gasteiger partial charge in [-0.1, -0.05) is 6.92 Å². The molecule has 0 aromatic carbocycles. The Hall–Kier alpha value is -0.0800. The van der Waals surface area contributed by atoms with Crippen LogP contribution in [0.4, 0.5) is 0 Å². The highest BCUT2D eigenvalue weighted by molar-refractivity contribution is 4.71. The number of nitrogens with one attached hydrogen (secondary N) is 1. The molecule has 0 saturated heterocycles. The zero-order valence-electron chi connectivity index (χ0n) is 5.93. The van der Waals surface area contributed by atoms with E-state index in [0.717, 1.165) is 18.8 Å². The molecule has 0 bridgehead atoms. The molecule has 0 heterocycles. The fourth-order valence-corrected chi connectivity index (χ4v) is 1.39. The van der Waals surface area contributed by atoms with Crippen LogP contribution in [0.3, 0.4) is 0 Å². The summed E-state index contributed by atoms with van der Waals surface area (Å²) >= 11 is 0. The standard InChI is InChI=1S/C7H15NO/c1-6-2-4-7(8-9)5-3-6/h6-9H,2-5H2,1H3. The van der Waals surface area contributed by atoms with Gasteiger partial charge in [0.2, 0.25) is 0 Å². The highest BCUT2D eigenvalue weighted by Gasteiger charge is 2.16. The van der Waals surface area contributed by atoms with Crippen molar-refractivity contribution < 1.29 is 5.21 Å². The van der Waals surface area contributed by atoms with Gasteiger partial charge >= 0.3 is 0 Å². The monoisotopic (exact) mass is 129 g/mol. The normalized spacial score (nSPS) is 36.7. The molecule has 1 aliphatic rings. The van der Waals surface area contributed by atoms with Crippen LogP contribution in [0.5, 0.6) is 0 Å². The van der Waals surface area contributed by atoms with Crippen LogP contribution in [0.2, 0.25) is 0 Å². The molecular formula is C7H15NO. The molecule has 54 valence electrons. The SMILES string of the molecule is CC1CCC(NO)CC1. The van der Waals surface area contributed by atoms with Gasteiger partial charge in [0.05, 0.1) is 0 Å². The van der Waals surface area contributed by atoms with Crippen LogP contribution in [0, 0.1) is 5.92 Å². The second-order valence-corrected chi connectivity index (χ2v) is 3.09. The molecule has 1 fully saturated rings. The van der Waals surface area contributed by atoms with E-state index in [0.29, 0.717) is 6.04 Å². The van der Waals surface area contributed by atoms with Crippen molar-refractivity contribution in [3.63, 3.8) is 0 Å². The zero-order valence-corrected chi connectivity index (χ0v) is 5.93. The molecule has 1 aliphatic carbocycles. The Kier molecular flexibility index (Phi) is 2.49. The molecule has 1 rings (SSSR count). The highest BCUT2D eigenvalue weighted by Crippen LogP contribution is 2.22. The maximum atomic E-state index is 8.53. The van der Waals surface area contributed by atoms with Crippen LogP contribution in [0.1, 0.15) is 32.6 Å². The lowest BCUT2D eigenvalue weighted by molar-refractivity contribution is 0.0989. The van der Waals surface area contributed by atoms with Crippen LogP contribution in [-0.4, -0.2) is 11.2 Å². The first-order valence-corrected chi connectivity index (χ1v) is 3.72. The molecule has 1 saturated carbocycles. The van der Waals surface area contributed by atoms with Gasteiger partial charge in [-0.3, -0.25) is 0 Å². The molecule has 9 heavy (non-hydrogen) atoms. The van der Waals surface area contributed by atoms with Crippen molar-refractivity contribution in [2.24, 2.45) is 5.92 Å². The van der Waals surface area contributed by atoms with E-state index in [4.69, 9.17) is 5.21 Å². The quantitative estimate of drug-likeness (QED) is 0.526. The molecule has 0 spiro atoms. The first-order valence-electron chi connectivity index (χ1n) is 3.72. The lowest BCUT2D eigenvalue weighted by Crippen LogP contribution is -2.29. The van der Waals surface area contributed by atoms with Crippen LogP contribution >= 0.6 is 0 Å². The predicted molar refractivity (Wildman–Crippen MR) is 36.3 cm³/mol. The second-order valence-electron chi connectivity index (χ2n) is 3.09. The van der Waals surface area contributed by atoms with E-state index in [1.165, 1.54) is 12.8 Å². The molecule has 2 heteroatoms. The van der Waals surface area contributed by atoms with E-state index in [1.807, 2.05) is 0 Å². The minimum Gasteiger partial charge on any atom is -0.317 e. The minimum atomic E-state index is 0.376. The number of hydrogen-bond donors (Lipinski definition) is 2. The summed E-state index contributed by atoms with van der Waals surface area (Å²) in [4.78, 5) is 0. The van der Waals surface area contributed by atoms with Gasteiger partial charge in [-0.05, 0) is 31.6 Å². The Balaban J connectivity index is 2.18. The molecule has 0 atom stereocenters. The third kappa shape index (κ3) is 1.95. The van der Waals surface area contributed by atoms with Crippen molar-refractivity contribution in [3.05, 3.63) is 0 Å². The summed E-state index contributed by atoms with van der Waals surface area (Å²) in [5.41, 5.74) is 2.32. The van der Waals surface area contributed by atoms with Gasteiger partial charge < -0.3 is 5.21 Å². The number of hydrogen-bond acceptors (Lipinski definition) is 2. The Morgan fingerprint density at radius 3 is 2.22 bits per heavy atom. The molecule has 2 N–H and O–H groups in total. The van der Waals surface area contributed by atoms with Crippen LogP contribution in [0.15, 0.2) is 0 Å². The van der Waals surface area contributed by atoms with Gasteiger partial charge in [-0.15, -0.1) is 0 Å². The van der Waals surface area contributed by atoms with E-state index >= 15 is 0 Å². The fourth-order valence-electron chi connectivity index (χ4n) is 1.39. The molecule has 0 amide bonds. The van der Waals surface area contributed by atoms with Crippen LogP contribution in [-0.2, 0) is 0 Å². The van der Waals surface area contributed by atoms with Gasteiger partial charge in [0.15, 0.2) is 0 Å². The van der Waals surface area contributed by atoms with Gasteiger partial charge in [-0.25, -0.2) is 5.48 Å². The van der Waals surface area contributed by atoms with Crippen molar-refractivity contribution in [1.82, 2.24) is 5.48 Å². The lowest BCUT2D eigenvalue weighted by atomic mass is 9.88. The smallest absolute Gasteiger partial charge is 0.0319 e. The molecule has 0 radical (unpaired) electrons. The maximum Gasteiger partial charge on any atom is 0.0319 e. The summed E-state index contributed by atoms with van der Waals surface area (Å²) in [6.07, 6.45) is 4.80. The van der Waals surface area contributed by atoms with Gasteiger partial charge in [0.25, 0.3) is 0 Å². The molecule has 0 aliphatic heterocycles. The van der Waals surface area contributed by atoms with Gasteiger partial charge in [0.1, 0.15) is 0 Å². The summed E-state index contributed by atoms with van der Waals surface area (Å²) in [5.74, 6) is 0.870. The largest absolute Gasteiger partial charge is 0.317 e. The predicted octanol–water partition coefficient (Wildman–Crippen LogP) is 1.54. The molecule has 2 nitrogen and oxygen atoms in total. The third-order valence-corrected chi connectivity index (χ3v) is 2.20. The topological polar surface area (TPSA) is 32.3 Å². The number of rotatable bonds is 1. The average Bonchev–Trinajstić information content (AvgIpc) is 1.90. The van der Waals surface area contributed by atoms with Gasteiger partial charge in [0, 0.05) is 6.04 Å². The van der Waals surface area contributed by atoms with E-state index < -0.39 is 0 Å². The molecule has 0 aromatic heterocycles. The van der Waals surface area contributed by atoms with Crippen LogP contribution in [0.25, 0.3) is 0 Å². The van der Waals surface area contributed by atoms with Crippen molar-refractivity contribution in [2.45, 2.75) is 38.6 Å². The number of hydroxylamine groups is 1. The summed E-state index contributed by atoms with van der Waals surface area (Å²) in [5, 5.41) is 8.53. The summed E-state index contributed by atoms with van der Waals surface area (Å²) < 4.78 is 0. The van der Waals surface area contributed by atoms with Crippen molar-refractivity contribution in [2.75, 3.05) is 0 Å². The first kappa shape index (κ1) is 7.03. The Bertz CT molecular complexity index is 77.0. The van der Waals surface area contributed by atoms with E-state index in [-0.39, 0.29) is 0 Å². The van der Waals surface area contributed by atoms with Gasteiger partial charge in [-0.2, -0.15) is 0 Å². The fraction of sp³-hybridized carbons (Fsp3) is 1.00. The Morgan fingerprint density at radius 1 is 1.22 bits per heavy atom. The summed E-state index contributed by atoms with van der Waals surface area (Å²) in [7, 11) is 0. The van der Waals surface area contributed by atoms with E-state index in [9.17, 15) is 0 Å². The lowest BCUT2D eigenvalue weighted by Gasteiger charge is -2.24. The average molecular weight is 129 g/mol. The first-order chi connectivity index (χ1) is 4.33.